The van der Waals surface area contributed by atoms with Crippen LogP contribution >= 0.6 is 11.6 Å². The van der Waals surface area contributed by atoms with Crippen LogP contribution in [-0.2, 0) is 7.05 Å². The molecule has 2 aromatic heterocycles. The minimum Gasteiger partial charge on any atom is -0.304 e. The first-order chi connectivity index (χ1) is 8.06. The molecule has 0 aromatic carbocycles. The smallest absolute Gasteiger partial charge is 0.278 e. The van der Waals surface area contributed by atoms with Crippen LogP contribution in [0.3, 0.4) is 0 Å². The highest BCUT2D eigenvalue weighted by Crippen LogP contribution is 2.12. The Morgan fingerprint density at radius 1 is 1.47 bits per heavy atom. The maximum Gasteiger partial charge on any atom is 0.278 e. The number of rotatable bonds is 2. The van der Waals surface area contributed by atoms with Gasteiger partial charge in [0.15, 0.2) is 17.3 Å². The predicted molar refractivity (Wildman–Crippen MR) is 60.4 cm³/mol. The maximum absolute atomic E-state index is 13.3. The number of carbonyl (C=O) groups is 1. The summed E-state index contributed by atoms with van der Waals surface area (Å²) in [6.07, 6.45) is 1.65. The SMILES string of the molecule is Cn1ccc(NC(=O)c2nc(Cl)ccc2F)n1. The van der Waals surface area contributed by atoms with E-state index in [-0.39, 0.29) is 10.8 Å². The van der Waals surface area contributed by atoms with Crippen molar-refractivity contribution in [2.45, 2.75) is 0 Å². The fourth-order valence-electron chi connectivity index (χ4n) is 1.23. The second-order valence-corrected chi connectivity index (χ2v) is 3.68. The Labute approximate surface area is 101 Å². The Kier molecular flexibility index (Phi) is 3.06. The molecule has 1 N–H and O–H groups in total. The molecule has 0 aliphatic heterocycles. The fourth-order valence-corrected chi connectivity index (χ4v) is 1.38. The molecule has 1 amide bonds. The van der Waals surface area contributed by atoms with Crippen LogP contribution in [0.5, 0.6) is 0 Å². The van der Waals surface area contributed by atoms with Gasteiger partial charge in [-0.2, -0.15) is 5.10 Å². The van der Waals surface area contributed by atoms with Crippen molar-refractivity contribution in [1.82, 2.24) is 14.8 Å². The molecular weight excluding hydrogens is 247 g/mol. The first-order valence-corrected chi connectivity index (χ1v) is 5.07. The van der Waals surface area contributed by atoms with E-state index >= 15 is 0 Å². The van der Waals surface area contributed by atoms with Gasteiger partial charge in [0.2, 0.25) is 0 Å². The lowest BCUT2D eigenvalue weighted by atomic mass is 10.3. The van der Waals surface area contributed by atoms with E-state index in [0.717, 1.165) is 6.07 Å². The molecule has 0 aliphatic carbocycles. The highest BCUT2D eigenvalue weighted by molar-refractivity contribution is 6.29. The van der Waals surface area contributed by atoms with E-state index in [1.54, 1.807) is 19.3 Å². The molecule has 7 heteroatoms. The van der Waals surface area contributed by atoms with Gasteiger partial charge in [0, 0.05) is 19.3 Å². The molecule has 0 fully saturated rings. The van der Waals surface area contributed by atoms with Gasteiger partial charge in [-0.05, 0) is 12.1 Å². The number of aryl methyl sites for hydroxylation is 1. The number of aromatic nitrogens is 3. The molecule has 0 radical (unpaired) electrons. The Balaban J connectivity index is 2.22. The first-order valence-electron chi connectivity index (χ1n) is 4.69. The molecule has 17 heavy (non-hydrogen) atoms. The van der Waals surface area contributed by atoms with Gasteiger partial charge in [0.1, 0.15) is 5.15 Å². The van der Waals surface area contributed by atoms with Crippen LogP contribution in [0.15, 0.2) is 24.4 Å². The zero-order valence-corrected chi connectivity index (χ0v) is 9.57. The van der Waals surface area contributed by atoms with Gasteiger partial charge < -0.3 is 5.32 Å². The van der Waals surface area contributed by atoms with Crippen molar-refractivity contribution < 1.29 is 9.18 Å². The van der Waals surface area contributed by atoms with Crippen molar-refractivity contribution in [3.8, 4) is 0 Å². The molecule has 0 unspecified atom stereocenters. The molecule has 0 atom stereocenters. The summed E-state index contributed by atoms with van der Waals surface area (Å²) < 4.78 is 14.8. The van der Waals surface area contributed by atoms with E-state index in [1.807, 2.05) is 0 Å². The van der Waals surface area contributed by atoms with Crippen LogP contribution in [0.4, 0.5) is 10.2 Å². The van der Waals surface area contributed by atoms with Crippen LogP contribution in [0, 0.1) is 5.82 Å². The van der Waals surface area contributed by atoms with Crippen LogP contribution in [0.25, 0.3) is 0 Å². The molecular formula is C10H8ClFN4O. The lowest BCUT2D eigenvalue weighted by Crippen LogP contribution is -2.16. The van der Waals surface area contributed by atoms with Crippen LogP contribution in [-0.4, -0.2) is 20.7 Å². The minimum atomic E-state index is -0.733. The molecule has 0 spiro atoms. The summed E-state index contributed by atoms with van der Waals surface area (Å²) in [4.78, 5) is 15.3. The zero-order valence-electron chi connectivity index (χ0n) is 8.82. The molecule has 0 saturated heterocycles. The zero-order chi connectivity index (χ0) is 12.4. The van der Waals surface area contributed by atoms with Crippen molar-refractivity contribution in [2.75, 3.05) is 5.32 Å². The van der Waals surface area contributed by atoms with Gasteiger partial charge in [-0.15, -0.1) is 0 Å². The Morgan fingerprint density at radius 3 is 2.88 bits per heavy atom. The number of amides is 1. The lowest BCUT2D eigenvalue weighted by Gasteiger charge is -2.02. The quantitative estimate of drug-likeness (QED) is 0.832. The average molecular weight is 255 g/mol. The summed E-state index contributed by atoms with van der Waals surface area (Å²) in [5, 5.41) is 6.40. The number of pyridine rings is 1. The van der Waals surface area contributed by atoms with E-state index in [9.17, 15) is 9.18 Å². The molecule has 2 rings (SSSR count). The lowest BCUT2D eigenvalue weighted by molar-refractivity contribution is 0.101. The molecule has 0 aliphatic rings. The summed E-state index contributed by atoms with van der Waals surface area (Å²) in [6.45, 7) is 0. The minimum absolute atomic E-state index is 0.0533. The fraction of sp³-hybridized carbons (Fsp3) is 0.100. The molecule has 88 valence electrons. The third-order valence-corrected chi connectivity index (χ3v) is 2.19. The number of anilines is 1. The van der Waals surface area contributed by atoms with Crippen molar-refractivity contribution >= 4 is 23.3 Å². The number of halogens is 2. The van der Waals surface area contributed by atoms with Gasteiger partial charge in [0.25, 0.3) is 5.91 Å². The van der Waals surface area contributed by atoms with Crippen LogP contribution in [0.1, 0.15) is 10.5 Å². The van der Waals surface area contributed by atoms with E-state index in [1.165, 1.54) is 10.7 Å². The third-order valence-electron chi connectivity index (χ3n) is 1.98. The van der Waals surface area contributed by atoms with Gasteiger partial charge in [-0.3, -0.25) is 9.48 Å². The van der Waals surface area contributed by atoms with Crippen molar-refractivity contribution in [3.63, 3.8) is 0 Å². The van der Waals surface area contributed by atoms with E-state index < -0.39 is 11.7 Å². The van der Waals surface area contributed by atoms with Gasteiger partial charge in [-0.25, -0.2) is 9.37 Å². The van der Waals surface area contributed by atoms with E-state index in [0.29, 0.717) is 5.82 Å². The van der Waals surface area contributed by atoms with Gasteiger partial charge in [0.05, 0.1) is 0 Å². The number of nitrogens with one attached hydrogen (secondary N) is 1. The first kappa shape index (κ1) is 11.5. The Bertz CT molecular complexity index is 569. The van der Waals surface area contributed by atoms with Crippen molar-refractivity contribution in [1.29, 1.82) is 0 Å². The average Bonchev–Trinajstić information content (AvgIpc) is 2.67. The number of nitrogens with zero attached hydrogens (tertiary/aromatic N) is 3. The Hall–Kier alpha value is -1.95. The Morgan fingerprint density at radius 2 is 2.24 bits per heavy atom. The van der Waals surface area contributed by atoms with Crippen molar-refractivity contribution in [3.05, 3.63) is 41.1 Å². The van der Waals surface area contributed by atoms with Crippen molar-refractivity contribution in [2.24, 2.45) is 7.05 Å². The largest absolute Gasteiger partial charge is 0.304 e. The molecule has 5 nitrogen and oxygen atoms in total. The number of carbonyl (C=O) groups excluding carboxylic acids is 1. The molecule has 2 heterocycles. The summed E-state index contributed by atoms with van der Waals surface area (Å²) in [5.74, 6) is -1.11. The molecule has 0 bridgehead atoms. The third kappa shape index (κ3) is 2.59. The summed E-state index contributed by atoms with van der Waals surface area (Å²) in [6, 6.07) is 3.94. The standard InChI is InChI=1S/C10H8ClFN4O/c1-16-5-4-8(15-16)14-10(17)9-6(12)2-3-7(11)13-9/h2-5H,1H3,(H,14,15,17). The second-order valence-electron chi connectivity index (χ2n) is 3.29. The number of hydrogen-bond donors (Lipinski definition) is 1. The maximum atomic E-state index is 13.3. The molecule has 2 aromatic rings. The summed E-state index contributed by atoms with van der Waals surface area (Å²) in [7, 11) is 1.70. The van der Waals surface area contributed by atoms with Crippen LogP contribution in [0.2, 0.25) is 5.15 Å². The number of hydrogen-bond acceptors (Lipinski definition) is 3. The second kappa shape index (κ2) is 4.50. The summed E-state index contributed by atoms with van der Waals surface area (Å²) >= 11 is 5.59. The molecule has 0 saturated carbocycles. The normalized spacial score (nSPS) is 10.3. The monoisotopic (exact) mass is 254 g/mol. The van der Waals surface area contributed by atoms with Gasteiger partial charge >= 0.3 is 0 Å². The van der Waals surface area contributed by atoms with E-state index in [4.69, 9.17) is 11.6 Å². The highest BCUT2D eigenvalue weighted by atomic mass is 35.5. The van der Waals surface area contributed by atoms with E-state index in [2.05, 4.69) is 15.4 Å². The predicted octanol–water partition coefficient (Wildman–Crippen LogP) is 1.86. The highest BCUT2D eigenvalue weighted by Gasteiger charge is 2.15. The topological polar surface area (TPSA) is 59.8 Å². The van der Waals surface area contributed by atoms with Crippen LogP contribution < -0.4 is 5.32 Å². The van der Waals surface area contributed by atoms with Gasteiger partial charge in [-0.1, -0.05) is 11.6 Å². The summed E-state index contributed by atoms with van der Waals surface area (Å²) in [5.41, 5.74) is -0.358.